The maximum Gasteiger partial charge on any atom is 0.264 e. The van der Waals surface area contributed by atoms with Crippen LogP contribution in [0.25, 0.3) is 0 Å². The van der Waals surface area contributed by atoms with Crippen LogP contribution >= 0.6 is 0 Å². The van der Waals surface area contributed by atoms with Crippen molar-refractivity contribution in [1.82, 2.24) is 5.06 Å². The molecule has 0 saturated carbocycles. The first-order chi connectivity index (χ1) is 12.5. The van der Waals surface area contributed by atoms with Crippen molar-refractivity contribution in [2.24, 2.45) is 0 Å². The Morgan fingerprint density at radius 3 is 2.35 bits per heavy atom. The lowest BCUT2D eigenvalue weighted by Gasteiger charge is -2.29. The quantitative estimate of drug-likeness (QED) is 0.664. The van der Waals surface area contributed by atoms with Gasteiger partial charge < -0.3 is 0 Å². The SMILES string of the molecule is CS(=O)(=O)OCCC1(c2ccccc2)CCN(OCc2ccccc2)C1. The van der Waals surface area contributed by atoms with Crippen molar-refractivity contribution in [3.05, 3.63) is 71.8 Å². The molecule has 3 rings (SSSR count). The van der Waals surface area contributed by atoms with Gasteiger partial charge >= 0.3 is 0 Å². The Morgan fingerprint density at radius 2 is 1.69 bits per heavy atom. The molecule has 5 nitrogen and oxygen atoms in total. The zero-order valence-corrected chi connectivity index (χ0v) is 15.8. The number of nitrogens with zero attached hydrogens (tertiary/aromatic N) is 1. The fraction of sp³-hybridized carbons (Fsp3) is 0.400. The molecule has 0 spiro atoms. The zero-order chi connectivity index (χ0) is 18.5. The van der Waals surface area contributed by atoms with Gasteiger partial charge in [-0.15, -0.1) is 0 Å². The molecule has 1 aliphatic rings. The van der Waals surface area contributed by atoms with Crippen LogP contribution in [0.4, 0.5) is 0 Å². The minimum atomic E-state index is -3.43. The van der Waals surface area contributed by atoms with Gasteiger partial charge in [0, 0.05) is 18.5 Å². The van der Waals surface area contributed by atoms with Gasteiger partial charge in [-0.1, -0.05) is 60.7 Å². The lowest BCUT2D eigenvalue weighted by Crippen LogP contribution is -2.32. The topological polar surface area (TPSA) is 55.8 Å². The summed E-state index contributed by atoms with van der Waals surface area (Å²) in [7, 11) is -3.43. The van der Waals surface area contributed by atoms with Crippen molar-refractivity contribution in [1.29, 1.82) is 0 Å². The first-order valence-corrected chi connectivity index (χ1v) is 10.6. The van der Waals surface area contributed by atoms with E-state index in [-0.39, 0.29) is 12.0 Å². The Labute approximate surface area is 155 Å². The predicted octanol–water partition coefficient (Wildman–Crippen LogP) is 3.13. The molecule has 1 aliphatic heterocycles. The van der Waals surface area contributed by atoms with Gasteiger partial charge in [0.15, 0.2) is 0 Å². The summed E-state index contributed by atoms with van der Waals surface area (Å²) in [5, 5.41) is 1.99. The van der Waals surface area contributed by atoms with E-state index in [1.54, 1.807) is 0 Å². The summed E-state index contributed by atoms with van der Waals surface area (Å²) in [5.41, 5.74) is 2.16. The highest BCUT2D eigenvalue weighted by molar-refractivity contribution is 7.85. The molecule has 2 aromatic rings. The van der Waals surface area contributed by atoms with E-state index in [1.807, 2.05) is 53.6 Å². The van der Waals surface area contributed by atoms with Gasteiger partial charge in [0.05, 0.1) is 19.5 Å². The summed E-state index contributed by atoms with van der Waals surface area (Å²) in [6.45, 7) is 2.24. The Morgan fingerprint density at radius 1 is 1.04 bits per heavy atom. The molecule has 0 radical (unpaired) electrons. The smallest absolute Gasteiger partial charge is 0.264 e. The zero-order valence-electron chi connectivity index (χ0n) is 15.0. The van der Waals surface area contributed by atoms with E-state index >= 15 is 0 Å². The average molecular weight is 375 g/mol. The van der Waals surface area contributed by atoms with Crippen molar-refractivity contribution < 1.29 is 17.4 Å². The fourth-order valence-corrected chi connectivity index (χ4v) is 3.83. The lowest BCUT2D eigenvalue weighted by molar-refractivity contribution is -0.157. The Balaban J connectivity index is 1.67. The summed E-state index contributed by atoms with van der Waals surface area (Å²) < 4.78 is 27.6. The fourth-order valence-electron chi connectivity index (χ4n) is 3.45. The second-order valence-corrected chi connectivity index (χ2v) is 8.44. The normalized spacial score (nSPS) is 21.1. The van der Waals surface area contributed by atoms with Crippen LogP contribution in [-0.2, 0) is 31.2 Å². The number of hydroxylamine groups is 2. The predicted molar refractivity (Wildman–Crippen MR) is 101 cm³/mol. The molecule has 0 amide bonds. The highest BCUT2D eigenvalue weighted by Crippen LogP contribution is 2.38. The molecule has 1 atom stereocenters. The Bertz CT molecular complexity index is 795. The van der Waals surface area contributed by atoms with E-state index in [0.29, 0.717) is 13.0 Å². The van der Waals surface area contributed by atoms with Crippen LogP contribution in [0.2, 0.25) is 0 Å². The van der Waals surface area contributed by atoms with Crippen molar-refractivity contribution in [3.63, 3.8) is 0 Å². The second-order valence-electron chi connectivity index (χ2n) is 6.80. The van der Waals surface area contributed by atoms with Crippen LogP contribution < -0.4 is 0 Å². The maximum absolute atomic E-state index is 11.3. The first-order valence-electron chi connectivity index (χ1n) is 8.79. The molecular formula is C20H25NO4S. The largest absolute Gasteiger partial charge is 0.294 e. The van der Waals surface area contributed by atoms with Crippen LogP contribution in [-0.4, -0.2) is 39.4 Å². The minimum Gasteiger partial charge on any atom is -0.294 e. The standard InChI is InChI=1S/C20H25NO4S/c1-26(22,23)25-15-13-20(19-10-6-3-7-11-19)12-14-21(17-20)24-16-18-8-4-2-5-9-18/h2-11H,12-17H2,1H3. The molecular weight excluding hydrogens is 350 g/mol. The van der Waals surface area contributed by atoms with Gasteiger partial charge in [0.25, 0.3) is 10.1 Å². The van der Waals surface area contributed by atoms with E-state index in [4.69, 9.17) is 9.02 Å². The van der Waals surface area contributed by atoms with Gasteiger partial charge in [0.1, 0.15) is 0 Å². The molecule has 140 valence electrons. The Kier molecular flexibility index (Phi) is 6.09. The summed E-state index contributed by atoms with van der Waals surface area (Å²) >= 11 is 0. The van der Waals surface area contributed by atoms with E-state index < -0.39 is 10.1 Å². The summed E-state index contributed by atoms with van der Waals surface area (Å²) in [4.78, 5) is 5.99. The van der Waals surface area contributed by atoms with Crippen LogP contribution in [0.15, 0.2) is 60.7 Å². The molecule has 0 aliphatic carbocycles. The van der Waals surface area contributed by atoms with Crippen molar-refractivity contribution in [3.8, 4) is 0 Å². The van der Waals surface area contributed by atoms with Crippen molar-refractivity contribution in [2.75, 3.05) is 26.0 Å². The number of rotatable bonds is 8. The third-order valence-electron chi connectivity index (χ3n) is 4.84. The molecule has 1 saturated heterocycles. The van der Waals surface area contributed by atoms with Crippen LogP contribution in [0.5, 0.6) is 0 Å². The van der Waals surface area contributed by atoms with Crippen molar-refractivity contribution >= 4 is 10.1 Å². The van der Waals surface area contributed by atoms with Gasteiger partial charge in [-0.2, -0.15) is 13.5 Å². The monoisotopic (exact) mass is 375 g/mol. The second kappa shape index (κ2) is 8.31. The average Bonchev–Trinajstić information content (AvgIpc) is 3.05. The molecule has 2 aromatic carbocycles. The van der Waals surface area contributed by atoms with E-state index in [0.717, 1.165) is 31.3 Å². The summed E-state index contributed by atoms with van der Waals surface area (Å²) in [6.07, 6.45) is 2.63. The molecule has 0 aromatic heterocycles. The first kappa shape index (κ1) is 19.0. The van der Waals surface area contributed by atoms with Gasteiger partial charge in [-0.05, 0) is 24.0 Å². The molecule has 0 N–H and O–H groups in total. The summed E-state index contributed by atoms with van der Waals surface area (Å²) in [6, 6.07) is 20.3. The van der Waals surface area contributed by atoms with E-state index in [9.17, 15) is 8.42 Å². The molecule has 26 heavy (non-hydrogen) atoms. The third-order valence-corrected chi connectivity index (χ3v) is 5.43. The van der Waals surface area contributed by atoms with E-state index in [2.05, 4.69) is 12.1 Å². The number of hydrogen-bond acceptors (Lipinski definition) is 5. The van der Waals surface area contributed by atoms with Gasteiger partial charge in [0.2, 0.25) is 0 Å². The molecule has 1 heterocycles. The maximum atomic E-state index is 11.3. The van der Waals surface area contributed by atoms with Gasteiger partial charge in [-0.25, -0.2) is 0 Å². The highest BCUT2D eigenvalue weighted by Gasteiger charge is 2.40. The number of benzene rings is 2. The van der Waals surface area contributed by atoms with Crippen LogP contribution in [0, 0.1) is 0 Å². The van der Waals surface area contributed by atoms with Crippen molar-refractivity contribution in [2.45, 2.75) is 24.9 Å². The molecule has 1 fully saturated rings. The van der Waals surface area contributed by atoms with E-state index in [1.165, 1.54) is 5.56 Å². The molecule has 1 unspecified atom stereocenters. The summed E-state index contributed by atoms with van der Waals surface area (Å²) in [5.74, 6) is 0. The molecule has 6 heteroatoms. The van der Waals surface area contributed by atoms with Gasteiger partial charge in [-0.3, -0.25) is 9.02 Å². The third kappa shape index (κ3) is 5.14. The minimum absolute atomic E-state index is 0.164. The highest BCUT2D eigenvalue weighted by atomic mass is 32.2. The van der Waals surface area contributed by atoms with Crippen LogP contribution in [0.1, 0.15) is 24.0 Å². The molecule has 0 bridgehead atoms. The van der Waals surface area contributed by atoms with Crippen LogP contribution in [0.3, 0.4) is 0 Å². The lowest BCUT2D eigenvalue weighted by atomic mass is 9.77. The Hall–Kier alpha value is -1.73. The number of hydrogen-bond donors (Lipinski definition) is 0.